The molecule has 0 N–H and O–H groups in total. The van der Waals surface area contributed by atoms with E-state index in [1.54, 1.807) is 0 Å². The molecule has 0 saturated carbocycles. The number of rotatable bonds is 6. The Hall–Kier alpha value is -2.38. The Balaban J connectivity index is 2.02. The molecular weight excluding hydrogens is 380 g/mol. The van der Waals surface area contributed by atoms with Crippen LogP contribution >= 0.6 is 11.3 Å². The lowest BCUT2D eigenvalue weighted by Crippen LogP contribution is -2.34. The monoisotopic (exact) mass is 403 g/mol. The van der Waals surface area contributed by atoms with Gasteiger partial charge in [0.05, 0.1) is 10.2 Å². The zero-order valence-electron chi connectivity index (χ0n) is 16.4. The fraction of sp³-hybridized carbons (Fsp3) is 0.333. The Bertz CT molecular complexity index is 957. The number of halogens is 2. The molecule has 0 aliphatic carbocycles. The highest BCUT2D eigenvalue weighted by molar-refractivity contribution is 7.22. The molecule has 0 atom stereocenters. The van der Waals surface area contributed by atoms with Crippen LogP contribution in [0.5, 0.6) is 0 Å². The van der Waals surface area contributed by atoms with E-state index in [2.05, 4.69) is 4.98 Å². The summed E-state index contributed by atoms with van der Waals surface area (Å²) in [6.07, 6.45) is 0.656. The second-order valence-corrected chi connectivity index (χ2v) is 8.12. The van der Waals surface area contributed by atoms with Gasteiger partial charge in [-0.3, -0.25) is 9.69 Å². The highest BCUT2D eigenvalue weighted by Crippen LogP contribution is 2.32. The lowest BCUT2D eigenvalue weighted by molar-refractivity contribution is 0.0978. The van der Waals surface area contributed by atoms with Crippen molar-refractivity contribution in [3.63, 3.8) is 0 Å². The molecule has 2 aromatic carbocycles. The number of hydrogen-bond acceptors (Lipinski definition) is 4. The molecule has 0 bridgehead atoms. The highest BCUT2D eigenvalue weighted by Gasteiger charge is 2.26. The van der Waals surface area contributed by atoms with Crippen LogP contribution in [0.15, 0.2) is 30.3 Å². The zero-order valence-corrected chi connectivity index (χ0v) is 17.2. The van der Waals surface area contributed by atoms with Crippen LogP contribution in [0.1, 0.15) is 27.9 Å². The Labute approximate surface area is 167 Å². The van der Waals surface area contributed by atoms with Crippen molar-refractivity contribution < 1.29 is 13.6 Å². The summed E-state index contributed by atoms with van der Waals surface area (Å²) in [6.45, 7) is 5.08. The maximum Gasteiger partial charge on any atom is 0.266 e. The van der Waals surface area contributed by atoms with Crippen LogP contribution in [-0.4, -0.2) is 43.0 Å². The number of benzene rings is 2. The lowest BCUT2D eigenvalue weighted by Gasteiger charge is -2.21. The first kappa shape index (κ1) is 20.4. The Morgan fingerprint density at radius 2 is 1.71 bits per heavy atom. The summed E-state index contributed by atoms with van der Waals surface area (Å²) in [6, 6.07) is 7.44. The number of aromatic nitrogens is 1. The molecule has 0 saturated heterocycles. The van der Waals surface area contributed by atoms with Crippen molar-refractivity contribution in [2.24, 2.45) is 0 Å². The van der Waals surface area contributed by atoms with E-state index >= 15 is 0 Å². The summed E-state index contributed by atoms with van der Waals surface area (Å²) in [5.74, 6) is -2.44. The standard InChI is InChI=1S/C21H23F2N3OS/c1-13-11-17-18(12-14(13)2)28-21(24-17)26(10-6-9-25(3)4)20(27)19-15(22)7-5-8-16(19)23/h5,7-8,11-12H,6,9-10H2,1-4H3. The number of carbonyl (C=O) groups excluding carboxylic acids is 1. The minimum atomic E-state index is -0.865. The van der Waals surface area contributed by atoms with E-state index in [0.717, 1.165) is 40.0 Å². The highest BCUT2D eigenvalue weighted by atomic mass is 32.1. The molecule has 0 unspecified atom stereocenters. The minimum Gasteiger partial charge on any atom is -0.309 e. The van der Waals surface area contributed by atoms with Crippen LogP contribution in [0.4, 0.5) is 13.9 Å². The first-order valence-corrected chi connectivity index (χ1v) is 9.88. The van der Waals surface area contributed by atoms with Gasteiger partial charge in [-0.05, 0) is 76.3 Å². The van der Waals surface area contributed by atoms with E-state index in [4.69, 9.17) is 0 Å². The predicted octanol–water partition coefficient (Wildman–Crippen LogP) is 4.79. The van der Waals surface area contributed by atoms with Crippen molar-refractivity contribution in [1.29, 1.82) is 0 Å². The molecule has 0 aliphatic rings. The van der Waals surface area contributed by atoms with Gasteiger partial charge in [-0.15, -0.1) is 0 Å². The molecule has 0 fully saturated rings. The van der Waals surface area contributed by atoms with E-state index < -0.39 is 23.1 Å². The second kappa shape index (κ2) is 8.32. The van der Waals surface area contributed by atoms with Crippen LogP contribution in [0, 0.1) is 25.5 Å². The van der Waals surface area contributed by atoms with Gasteiger partial charge >= 0.3 is 0 Å². The lowest BCUT2D eigenvalue weighted by atomic mass is 10.1. The number of hydrogen-bond donors (Lipinski definition) is 0. The average Bonchev–Trinajstić information content (AvgIpc) is 3.00. The Morgan fingerprint density at radius 1 is 1.07 bits per heavy atom. The minimum absolute atomic E-state index is 0.322. The van der Waals surface area contributed by atoms with Gasteiger partial charge in [-0.1, -0.05) is 17.4 Å². The molecule has 3 aromatic rings. The first-order chi connectivity index (χ1) is 13.3. The van der Waals surface area contributed by atoms with E-state index in [1.807, 2.05) is 45.0 Å². The summed E-state index contributed by atoms with van der Waals surface area (Å²) in [5, 5.41) is 0.450. The molecule has 0 radical (unpaired) electrons. The summed E-state index contributed by atoms with van der Waals surface area (Å²) >= 11 is 1.36. The Kier molecular flexibility index (Phi) is 6.05. The molecular formula is C21H23F2N3OS. The molecule has 28 heavy (non-hydrogen) atoms. The SMILES string of the molecule is Cc1cc2nc(N(CCCN(C)C)C(=O)c3c(F)cccc3F)sc2cc1C. The van der Waals surface area contributed by atoms with Gasteiger partial charge in [-0.25, -0.2) is 13.8 Å². The van der Waals surface area contributed by atoms with Gasteiger partial charge < -0.3 is 4.90 Å². The first-order valence-electron chi connectivity index (χ1n) is 9.06. The molecule has 3 rings (SSSR count). The topological polar surface area (TPSA) is 36.4 Å². The number of thiazole rings is 1. The molecule has 0 spiro atoms. The number of aryl methyl sites for hydroxylation is 2. The fourth-order valence-corrected chi connectivity index (χ4v) is 4.02. The van der Waals surface area contributed by atoms with Crippen molar-refractivity contribution >= 4 is 32.6 Å². The van der Waals surface area contributed by atoms with Crippen molar-refractivity contribution in [3.8, 4) is 0 Å². The Morgan fingerprint density at radius 3 is 2.36 bits per heavy atom. The third kappa shape index (κ3) is 4.20. The summed E-state index contributed by atoms with van der Waals surface area (Å²) < 4.78 is 29.4. The summed E-state index contributed by atoms with van der Waals surface area (Å²) in [5.41, 5.74) is 2.48. The van der Waals surface area contributed by atoms with Gasteiger partial charge in [0.2, 0.25) is 0 Å². The zero-order chi connectivity index (χ0) is 20.4. The van der Waals surface area contributed by atoms with Crippen LogP contribution in [-0.2, 0) is 0 Å². The number of nitrogens with zero attached hydrogens (tertiary/aromatic N) is 3. The number of amides is 1. The molecule has 1 amide bonds. The van der Waals surface area contributed by atoms with Crippen LogP contribution in [0.3, 0.4) is 0 Å². The molecule has 0 aliphatic heterocycles. The molecule has 7 heteroatoms. The van der Waals surface area contributed by atoms with E-state index in [0.29, 0.717) is 18.1 Å². The van der Waals surface area contributed by atoms with Gasteiger partial charge in [0.15, 0.2) is 5.13 Å². The van der Waals surface area contributed by atoms with Crippen molar-refractivity contribution in [3.05, 3.63) is 58.7 Å². The van der Waals surface area contributed by atoms with Crippen LogP contribution in [0.25, 0.3) is 10.2 Å². The largest absolute Gasteiger partial charge is 0.309 e. The van der Waals surface area contributed by atoms with Crippen LogP contribution in [0.2, 0.25) is 0 Å². The second-order valence-electron chi connectivity index (χ2n) is 7.11. The van der Waals surface area contributed by atoms with Crippen molar-refractivity contribution in [1.82, 2.24) is 9.88 Å². The van der Waals surface area contributed by atoms with Crippen molar-refractivity contribution in [2.75, 3.05) is 32.1 Å². The van der Waals surface area contributed by atoms with Gasteiger partial charge in [0, 0.05) is 6.54 Å². The number of anilines is 1. The maximum atomic E-state index is 14.2. The number of fused-ring (bicyclic) bond motifs is 1. The van der Waals surface area contributed by atoms with Gasteiger partial charge in [0.25, 0.3) is 5.91 Å². The maximum absolute atomic E-state index is 14.2. The molecule has 4 nitrogen and oxygen atoms in total. The third-order valence-electron chi connectivity index (χ3n) is 4.63. The van der Waals surface area contributed by atoms with Gasteiger partial charge in [-0.2, -0.15) is 0 Å². The van der Waals surface area contributed by atoms with E-state index in [-0.39, 0.29) is 0 Å². The average molecular weight is 403 g/mol. The summed E-state index contributed by atoms with van der Waals surface area (Å²) in [4.78, 5) is 21.0. The fourth-order valence-electron chi connectivity index (χ4n) is 2.95. The third-order valence-corrected chi connectivity index (χ3v) is 5.67. The quantitative estimate of drug-likeness (QED) is 0.594. The van der Waals surface area contributed by atoms with E-state index in [1.165, 1.54) is 22.3 Å². The molecule has 1 heterocycles. The van der Waals surface area contributed by atoms with E-state index in [9.17, 15) is 13.6 Å². The number of carbonyl (C=O) groups is 1. The predicted molar refractivity (Wildman–Crippen MR) is 110 cm³/mol. The van der Waals surface area contributed by atoms with Crippen molar-refractivity contribution in [2.45, 2.75) is 20.3 Å². The van der Waals surface area contributed by atoms with Gasteiger partial charge in [0.1, 0.15) is 17.2 Å². The molecule has 148 valence electrons. The molecule has 1 aromatic heterocycles. The smallest absolute Gasteiger partial charge is 0.266 e. The van der Waals surface area contributed by atoms with Crippen LogP contribution < -0.4 is 4.90 Å². The normalized spacial score (nSPS) is 11.4. The summed E-state index contributed by atoms with van der Waals surface area (Å²) in [7, 11) is 3.87.